The standard InChI is InChI=1S/C58H85N15O12/c1-7-27-63-46(75)32-66-51(79)40(21-15-28-64-58(61)62)67-52(80)42(23-25-47(76)77)69-57(85)48(33(2)3)72-53(81)41(20-13-14-26-59)68-56(84)49(34(4)5)73-55(83)44(30-37-31-65-39-19-12-11-18-38(37)39)71-54(82)43(29-36-16-9-8-10-17-36)70-50(78)35(6)22-24-45(60)74/h1,8-12,16-19,31,33-35,40-44,48-49,65H,13-15,20-30,32,59H2,2-6H3,(H2,60,74)(H,63,75)(H,66,79)(H,67,80)(H,68,84)(H,69,85)(H,70,78)(H,71,82)(H,72,81)(H,73,83)(H,76,77)(H4,61,62,64)/t35-,40-,41-,42-,43-,44-,48-,49-/m0/s1. The Bertz CT molecular complexity index is 2820. The number of hydrogen-bond donors (Lipinski definition) is 16. The fraction of sp³-hybridized carbons (Fsp3) is 0.517. The minimum atomic E-state index is -1.58. The van der Waals surface area contributed by atoms with Gasteiger partial charge in [0.25, 0.3) is 0 Å². The fourth-order valence-corrected chi connectivity index (χ4v) is 8.84. The number of benzene rings is 2. The van der Waals surface area contributed by atoms with Crippen molar-refractivity contribution in [1.29, 1.82) is 5.41 Å². The predicted octanol–water partition coefficient (Wildman–Crippen LogP) is -1.32. The van der Waals surface area contributed by atoms with Crippen molar-refractivity contribution < 1.29 is 57.8 Å². The molecule has 3 aromatic rings. The molecule has 0 saturated carbocycles. The van der Waals surface area contributed by atoms with E-state index >= 15 is 0 Å². The third-order valence-corrected chi connectivity index (χ3v) is 13.7. The van der Waals surface area contributed by atoms with Crippen LogP contribution in [0.15, 0.2) is 60.8 Å². The first-order chi connectivity index (χ1) is 40.3. The molecule has 27 heteroatoms. The third-order valence-electron chi connectivity index (χ3n) is 13.7. The van der Waals surface area contributed by atoms with E-state index in [1.807, 2.05) is 24.3 Å². The van der Waals surface area contributed by atoms with Crippen molar-refractivity contribution in [2.45, 2.75) is 148 Å². The Hall–Kier alpha value is -9.06. The van der Waals surface area contributed by atoms with Gasteiger partial charge in [0.2, 0.25) is 59.1 Å². The summed E-state index contributed by atoms with van der Waals surface area (Å²) in [5.74, 6) is -9.03. The first kappa shape index (κ1) is 70.2. The molecule has 2 aromatic carbocycles. The highest BCUT2D eigenvalue weighted by atomic mass is 16.4. The summed E-state index contributed by atoms with van der Waals surface area (Å²) in [6.07, 6.45) is 6.68. The van der Waals surface area contributed by atoms with Crippen LogP contribution in [0.25, 0.3) is 10.9 Å². The Balaban J connectivity index is 1.93. The van der Waals surface area contributed by atoms with Crippen molar-refractivity contribution in [3.05, 3.63) is 71.9 Å². The van der Waals surface area contributed by atoms with Gasteiger partial charge in [0.1, 0.15) is 42.3 Å². The summed E-state index contributed by atoms with van der Waals surface area (Å²) >= 11 is 0. The Morgan fingerprint density at radius 1 is 0.576 bits per heavy atom. The van der Waals surface area contributed by atoms with E-state index in [4.69, 9.17) is 29.0 Å². The second-order valence-electron chi connectivity index (χ2n) is 21.3. The normalized spacial score (nSPS) is 13.8. The summed E-state index contributed by atoms with van der Waals surface area (Å²) in [7, 11) is 0. The van der Waals surface area contributed by atoms with Crippen molar-refractivity contribution in [2.75, 3.05) is 26.2 Å². The summed E-state index contributed by atoms with van der Waals surface area (Å²) in [6, 6.07) is 6.64. The molecule has 0 aliphatic carbocycles. The zero-order valence-corrected chi connectivity index (χ0v) is 48.9. The number of para-hydroxylation sites is 1. The average molecular weight is 1180 g/mol. The van der Waals surface area contributed by atoms with Gasteiger partial charge in [-0.3, -0.25) is 58.1 Å². The van der Waals surface area contributed by atoms with Crippen molar-refractivity contribution in [2.24, 2.45) is 35.0 Å². The van der Waals surface area contributed by atoms with E-state index in [1.165, 1.54) is 0 Å². The number of aromatic nitrogens is 1. The molecule has 10 amide bonds. The van der Waals surface area contributed by atoms with E-state index < -0.39 is 144 Å². The van der Waals surface area contributed by atoms with Crippen LogP contribution in [-0.2, 0) is 65.6 Å². The number of unbranched alkanes of at least 4 members (excludes halogenated alkanes) is 1. The van der Waals surface area contributed by atoms with Gasteiger partial charge in [-0.15, -0.1) is 6.42 Å². The van der Waals surface area contributed by atoms with Crippen LogP contribution < -0.4 is 70.4 Å². The summed E-state index contributed by atoms with van der Waals surface area (Å²) in [6.45, 7) is 7.82. The van der Waals surface area contributed by atoms with Gasteiger partial charge in [-0.05, 0) is 80.5 Å². The van der Waals surface area contributed by atoms with Crippen LogP contribution in [0, 0.1) is 35.5 Å². The van der Waals surface area contributed by atoms with E-state index in [0.717, 1.165) is 10.9 Å². The number of nitrogens with one attached hydrogen (secondary N) is 12. The van der Waals surface area contributed by atoms with E-state index in [-0.39, 0.29) is 70.5 Å². The van der Waals surface area contributed by atoms with Crippen LogP contribution in [0.1, 0.15) is 104 Å². The molecule has 19 N–H and O–H groups in total. The van der Waals surface area contributed by atoms with Gasteiger partial charge < -0.3 is 80.5 Å². The lowest BCUT2D eigenvalue weighted by molar-refractivity contribution is -0.139. The second kappa shape index (κ2) is 36.5. The number of rotatable bonds is 38. The summed E-state index contributed by atoms with van der Waals surface area (Å²) in [5.41, 5.74) is 18.6. The number of primary amides is 1. The number of guanidine groups is 1. The van der Waals surface area contributed by atoms with E-state index in [2.05, 4.69) is 64.1 Å². The van der Waals surface area contributed by atoms with Gasteiger partial charge in [-0.1, -0.05) is 89.1 Å². The molecule has 0 aliphatic rings. The number of carboxylic acids is 1. The zero-order valence-electron chi connectivity index (χ0n) is 48.9. The van der Waals surface area contributed by atoms with Gasteiger partial charge in [0.05, 0.1) is 13.1 Å². The van der Waals surface area contributed by atoms with Crippen molar-refractivity contribution in [3.63, 3.8) is 0 Å². The number of H-pyrrole nitrogens is 1. The smallest absolute Gasteiger partial charge is 0.303 e. The largest absolute Gasteiger partial charge is 0.481 e. The van der Waals surface area contributed by atoms with Gasteiger partial charge >= 0.3 is 5.97 Å². The summed E-state index contributed by atoms with van der Waals surface area (Å²) in [5, 5.41) is 44.0. The zero-order chi connectivity index (χ0) is 63.2. The van der Waals surface area contributed by atoms with Gasteiger partial charge in [0.15, 0.2) is 5.96 Å². The molecule has 3 rings (SSSR count). The minimum absolute atomic E-state index is 0.00941. The van der Waals surface area contributed by atoms with Crippen LogP contribution in [0.5, 0.6) is 0 Å². The highest BCUT2D eigenvalue weighted by molar-refractivity contribution is 5.99. The quantitative estimate of drug-likeness (QED) is 0.0137. The SMILES string of the molecule is C#CCNC(=O)CNC(=O)[C@H](CCCNC(=N)N)NC(=O)[C@H](CCC(=O)O)NC(=O)[C@@H](NC(=O)[C@H](CCCCN)NC(=O)[C@@H](NC(=O)[C@H](Cc1c[nH]c2ccccc12)NC(=O)[C@H](Cc1ccccc1)NC(=O)[C@@H](C)CCC(N)=O)C(C)C)C(C)C. The number of fused-ring (bicyclic) bond motifs is 1. The number of carboxylic acid groups (broad SMARTS) is 1. The number of nitrogens with two attached hydrogens (primary N) is 3. The van der Waals surface area contributed by atoms with Crippen LogP contribution in [-0.4, -0.2) is 150 Å². The highest BCUT2D eigenvalue weighted by Crippen LogP contribution is 2.20. The van der Waals surface area contributed by atoms with E-state index in [0.29, 0.717) is 24.0 Å². The van der Waals surface area contributed by atoms with E-state index in [9.17, 15) is 57.8 Å². The fourth-order valence-electron chi connectivity index (χ4n) is 8.84. The maximum absolute atomic E-state index is 14.7. The van der Waals surface area contributed by atoms with Gasteiger partial charge in [-0.25, -0.2) is 0 Å². The molecule has 0 unspecified atom stereocenters. The molecular weight excluding hydrogens is 1100 g/mol. The van der Waals surface area contributed by atoms with Gasteiger partial charge in [0, 0.05) is 55.2 Å². The number of terminal acetylenes is 1. The Kier molecular flexibility index (Phi) is 30.2. The molecule has 0 aliphatic heterocycles. The van der Waals surface area contributed by atoms with Crippen molar-refractivity contribution in [3.8, 4) is 12.3 Å². The molecule has 0 fully saturated rings. The molecule has 1 aromatic heterocycles. The first-order valence-electron chi connectivity index (χ1n) is 28.3. The molecule has 0 spiro atoms. The Morgan fingerprint density at radius 2 is 1.09 bits per heavy atom. The number of carbonyl (C=O) groups is 11. The average Bonchev–Trinajstić information content (AvgIpc) is 3.61. The van der Waals surface area contributed by atoms with Crippen LogP contribution in [0.3, 0.4) is 0 Å². The molecule has 0 radical (unpaired) electrons. The number of aliphatic carboxylic acids is 1. The number of amides is 10. The molecule has 0 bridgehead atoms. The predicted molar refractivity (Wildman–Crippen MR) is 317 cm³/mol. The lowest BCUT2D eigenvalue weighted by Crippen LogP contribution is -2.61. The van der Waals surface area contributed by atoms with Crippen LogP contribution in [0.2, 0.25) is 0 Å². The first-order valence-corrected chi connectivity index (χ1v) is 28.3. The van der Waals surface area contributed by atoms with Crippen LogP contribution >= 0.6 is 0 Å². The molecular formula is C58H85N15O12. The molecule has 27 nitrogen and oxygen atoms in total. The Labute approximate surface area is 494 Å². The van der Waals surface area contributed by atoms with Crippen molar-refractivity contribution >= 4 is 81.9 Å². The third kappa shape index (κ3) is 25.1. The summed E-state index contributed by atoms with van der Waals surface area (Å²) < 4.78 is 0. The molecule has 85 heavy (non-hydrogen) atoms. The van der Waals surface area contributed by atoms with Crippen LogP contribution in [0.4, 0.5) is 0 Å². The maximum Gasteiger partial charge on any atom is 0.303 e. The molecule has 0 saturated heterocycles. The van der Waals surface area contributed by atoms with Gasteiger partial charge in [-0.2, -0.15) is 0 Å². The summed E-state index contributed by atoms with van der Waals surface area (Å²) in [4.78, 5) is 152. The van der Waals surface area contributed by atoms with Crippen molar-refractivity contribution in [1.82, 2.24) is 58.2 Å². The molecule has 1 heterocycles. The number of aromatic amines is 1. The molecule has 8 atom stereocenters. The number of hydrogen-bond acceptors (Lipinski definition) is 13. The lowest BCUT2D eigenvalue weighted by atomic mass is 9.98. The second-order valence-corrected chi connectivity index (χ2v) is 21.3. The minimum Gasteiger partial charge on any atom is -0.481 e. The maximum atomic E-state index is 14.7. The number of carbonyl (C=O) groups excluding carboxylic acids is 10. The Morgan fingerprint density at radius 3 is 1.68 bits per heavy atom. The molecule has 464 valence electrons. The topological polar surface area (TPSA) is 446 Å². The highest BCUT2D eigenvalue weighted by Gasteiger charge is 2.36. The monoisotopic (exact) mass is 1180 g/mol. The van der Waals surface area contributed by atoms with E-state index in [1.54, 1.807) is 71.1 Å². The lowest BCUT2D eigenvalue weighted by Gasteiger charge is -2.30.